The Morgan fingerprint density at radius 3 is 2.43 bits per heavy atom. The van der Waals surface area contributed by atoms with Gasteiger partial charge in [0.15, 0.2) is 0 Å². The molecule has 0 saturated carbocycles. The van der Waals surface area contributed by atoms with E-state index in [1.807, 2.05) is 0 Å². The van der Waals surface area contributed by atoms with Crippen LogP contribution >= 0.6 is 0 Å². The van der Waals surface area contributed by atoms with Crippen LogP contribution < -0.4 is 10.6 Å². The molecular formula is C18H31N3O7. The zero-order valence-electron chi connectivity index (χ0n) is 16.7. The maximum absolute atomic E-state index is 12.7. The van der Waals surface area contributed by atoms with Crippen LogP contribution in [0.15, 0.2) is 0 Å². The smallest absolute Gasteiger partial charge is 0.407 e. The fourth-order valence-corrected chi connectivity index (χ4v) is 2.99. The first-order chi connectivity index (χ1) is 13.0. The largest absolute Gasteiger partial charge is 0.480 e. The normalized spacial score (nSPS) is 17.8. The van der Waals surface area contributed by atoms with Gasteiger partial charge in [-0.15, -0.1) is 0 Å². The van der Waals surface area contributed by atoms with Crippen LogP contribution in [0.3, 0.4) is 0 Å². The predicted octanol–water partition coefficient (Wildman–Crippen LogP) is 0.800. The van der Waals surface area contributed by atoms with E-state index in [9.17, 15) is 24.3 Å². The highest BCUT2D eigenvalue weighted by Gasteiger charge is 2.36. The average Bonchev–Trinajstić information content (AvgIpc) is 3.04. The number of carboxylic acids is 2. The van der Waals surface area contributed by atoms with Crippen molar-refractivity contribution in [1.29, 1.82) is 0 Å². The van der Waals surface area contributed by atoms with Gasteiger partial charge in [0.1, 0.15) is 11.6 Å². The SMILES string of the molecule is CC(C)(C)OC(=O)NCCCCC(NCC(=O)O)C(=O)N1CCCC1C(=O)O. The van der Waals surface area contributed by atoms with Crippen molar-refractivity contribution in [2.45, 2.75) is 70.6 Å². The molecule has 160 valence electrons. The Kier molecular flexibility index (Phi) is 9.17. The van der Waals surface area contributed by atoms with E-state index in [1.54, 1.807) is 20.8 Å². The molecule has 10 nitrogen and oxygen atoms in total. The van der Waals surface area contributed by atoms with Crippen LogP contribution in [0.25, 0.3) is 0 Å². The number of nitrogens with zero attached hydrogens (tertiary/aromatic N) is 1. The zero-order valence-corrected chi connectivity index (χ0v) is 16.7. The van der Waals surface area contributed by atoms with Gasteiger partial charge in [-0.2, -0.15) is 0 Å². The van der Waals surface area contributed by atoms with Gasteiger partial charge in [0.05, 0.1) is 12.6 Å². The Hall–Kier alpha value is -2.36. The van der Waals surface area contributed by atoms with E-state index in [2.05, 4.69) is 10.6 Å². The van der Waals surface area contributed by atoms with E-state index >= 15 is 0 Å². The number of carbonyl (C=O) groups excluding carboxylic acids is 2. The first-order valence-corrected chi connectivity index (χ1v) is 9.46. The summed E-state index contributed by atoms with van der Waals surface area (Å²) in [7, 11) is 0. The standard InChI is InChI=1S/C18H31N3O7/c1-18(2,3)28-17(27)19-9-5-4-7-12(20-11-14(22)23)15(24)21-10-6-8-13(21)16(25)26/h12-13,20H,4-11H2,1-3H3,(H,19,27)(H,22,23)(H,25,26). The highest BCUT2D eigenvalue weighted by atomic mass is 16.6. The second-order valence-electron chi connectivity index (χ2n) is 7.78. The van der Waals surface area contributed by atoms with Crippen molar-refractivity contribution >= 4 is 23.9 Å². The zero-order chi connectivity index (χ0) is 21.3. The molecule has 28 heavy (non-hydrogen) atoms. The van der Waals surface area contributed by atoms with Crippen LogP contribution in [0.1, 0.15) is 52.9 Å². The Labute approximate surface area is 164 Å². The lowest BCUT2D eigenvalue weighted by Gasteiger charge is -2.27. The van der Waals surface area contributed by atoms with E-state index in [0.717, 1.165) is 0 Å². The summed E-state index contributed by atoms with van der Waals surface area (Å²) in [6.45, 7) is 5.61. The molecule has 2 amide bonds. The van der Waals surface area contributed by atoms with Crippen LogP contribution in [0.2, 0.25) is 0 Å². The minimum Gasteiger partial charge on any atom is -0.480 e. The molecule has 0 spiro atoms. The first-order valence-electron chi connectivity index (χ1n) is 9.46. The Bertz CT molecular complexity index is 574. The number of ether oxygens (including phenoxy) is 1. The van der Waals surface area contributed by atoms with Crippen LogP contribution in [0.5, 0.6) is 0 Å². The number of aliphatic carboxylic acids is 2. The molecule has 1 saturated heterocycles. The number of nitrogens with one attached hydrogen (secondary N) is 2. The summed E-state index contributed by atoms with van der Waals surface area (Å²) < 4.78 is 5.13. The van der Waals surface area contributed by atoms with Gasteiger partial charge in [-0.05, 0) is 52.9 Å². The van der Waals surface area contributed by atoms with Crippen molar-refractivity contribution in [2.24, 2.45) is 0 Å². The lowest BCUT2D eigenvalue weighted by Crippen LogP contribution is -2.51. The van der Waals surface area contributed by atoms with Gasteiger partial charge in [-0.25, -0.2) is 9.59 Å². The summed E-state index contributed by atoms with van der Waals surface area (Å²) in [5, 5.41) is 23.4. The quantitative estimate of drug-likeness (QED) is 0.393. The van der Waals surface area contributed by atoms with Gasteiger partial charge >= 0.3 is 18.0 Å². The second kappa shape index (κ2) is 10.8. The molecular weight excluding hydrogens is 370 g/mol. The lowest BCUT2D eigenvalue weighted by atomic mass is 10.1. The van der Waals surface area contributed by atoms with E-state index in [0.29, 0.717) is 45.2 Å². The fourth-order valence-electron chi connectivity index (χ4n) is 2.99. The van der Waals surface area contributed by atoms with Crippen molar-refractivity contribution in [3.63, 3.8) is 0 Å². The lowest BCUT2D eigenvalue weighted by molar-refractivity contribution is -0.149. The molecule has 0 aromatic heterocycles. The molecule has 0 bridgehead atoms. The number of amides is 2. The molecule has 1 fully saturated rings. The molecule has 0 radical (unpaired) electrons. The van der Waals surface area contributed by atoms with Gasteiger partial charge in [0, 0.05) is 13.1 Å². The predicted molar refractivity (Wildman–Crippen MR) is 99.9 cm³/mol. The van der Waals surface area contributed by atoms with Crippen molar-refractivity contribution in [2.75, 3.05) is 19.6 Å². The number of rotatable bonds is 10. The molecule has 10 heteroatoms. The van der Waals surface area contributed by atoms with Gasteiger partial charge in [-0.1, -0.05) is 0 Å². The summed E-state index contributed by atoms with van der Waals surface area (Å²) in [5.41, 5.74) is -0.585. The van der Waals surface area contributed by atoms with Crippen molar-refractivity contribution in [3.05, 3.63) is 0 Å². The molecule has 0 aromatic rings. The van der Waals surface area contributed by atoms with Crippen LogP contribution in [0.4, 0.5) is 4.79 Å². The van der Waals surface area contributed by atoms with Crippen LogP contribution in [-0.4, -0.2) is 76.4 Å². The number of hydrogen-bond donors (Lipinski definition) is 4. The topological polar surface area (TPSA) is 145 Å². The Morgan fingerprint density at radius 1 is 1.18 bits per heavy atom. The van der Waals surface area contributed by atoms with Crippen LogP contribution in [0, 0.1) is 0 Å². The molecule has 2 unspecified atom stereocenters. The molecule has 0 aliphatic carbocycles. The molecule has 2 atom stereocenters. The number of carboxylic acid groups (broad SMARTS) is 2. The van der Waals surface area contributed by atoms with Gasteiger partial charge in [0.25, 0.3) is 0 Å². The number of alkyl carbamates (subject to hydrolysis) is 1. The average molecular weight is 401 g/mol. The minimum absolute atomic E-state index is 0.338. The molecule has 1 aliphatic heterocycles. The monoisotopic (exact) mass is 401 g/mol. The number of carbonyl (C=O) groups is 4. The van der Waals surface area contributed by atoms with Crippen LogP contribution in [-0.2, 0) is 19.1 Å². The van der Waals surface area contributed by atoms with Crippen molar-refractivity contribution in [3.8, 4) is 0 Å². The summed E-state index contributed by atoms with van der Waals surface area (Å²) in [5.74, 6) is -2.55. The summed E-state index contributed by atoms with van der Waals surface area (Å²) in [6, 6.07) is -1.65. The first kappa shape index (κ1) is 23.7. The number of likely N-dealkylation sites (tertiary alicyclic amines) is 1. The Morgan fingerprint density at radius 2 is 1.86 bits per heavy atom. The fraction of sp³-hybridized carbons (Fsp3) is 0.778. The van der Waals surface area contributed by atoms with E-state index < -0.39 is 48.2 Å². The third kappa shape index (κ3) is 8.55. The maximum atomic E-state index is 12.7. The molecule has 0 aromatic carbocycles. The van der Waals surface area contributed by atoms with E-state index in [-0.39, 0.29) is 0 Å². The third-order valence-corrected chi connectivity index (χ3v) is 4.21. The number of unbranched alkanes of at least 4 members (excludes halogenated alkanes) is 1. The van der Waals surface area contributed by atoms with Gasteiger partial charge < -0.3 is 25.2 Å². The van der Waals surface area contributed by atoms with Crippen molar-refractivity contribution < 1.29 is 34.1 Å². The molecule has 1 aliphatic rings. The van der Waals surface area contributed by atoms with Gasteiger partial charge in [0.2, 0.25) is 5.91 Å². The highest BCUT2D eigenvalue weighted by Crippen LogP contribution is 2.19. The maximum Gasteiger partial charge on any atom is 0.407 e. The van der Waals surface area contributed by atoms with E-state index in [4.69, 9.17) is 9.84 Å². The summed E-state index contributed by atoms with van der Waals surface area (Å²) in [4.78, 5) is 47.8. The second-order valence-corrected chi connectivity index (χ2v) is 7.78. The molecule has 4 N–H and O–H groups in total. The Balaban J connectivity index is 2.51. The third-order valence-electron chi connectivity index (χ3n) is 4.21. The van der Waals surface area contributed by atoms with Gasteiger partial charge in [-0.3, -0.25) is 14.9 Å². The molecule has 1 rings (SSSR count). The number of hydrogen-bond acceptors (Lipinski definition) is 6. The summed E-state index contributed by atoms with van der Waals surface area (Å²) >= 11 is 0. The van der Waals surface area contributed by atoms with E-state index in [1.165, 1.54) is 4.90 Å². The minimum atomic E-state index is -1.10. The summed E-state index contributed by atoms with van der Waals surface area (Å²) in [6.07, 6.45) is 1.93. The molecule has 1 heterocycles. The highest BCUT2D eigenvalue weighted by molar-refractivity contribution is 5.88. The van der Waals surface area contributed by atoms with Crippen molar-refractivity contribution in [1.82, 2.24) is 15.5 Å².